The Morgan fingerprint density at radius 1 is 1.05 bits per heavy atom. The smallest absolute Gasteiger partial charge is 0.312 e. The zero-order valence-electron chi connectivity index (χ0n) is 22.7. The van der Waals surface area contributed by atoms with Gasteiger partial charge in [-0.05, 0) is 49.4 Å². The fraction of sp³-hybridized carbons (Fsp3) is 0.406. The van der Waals surface area contributed by atoms with Gasteiger partial charge in [0.05, 0.1) is 31.3 Å². The number of aryl methyl sites for hydroxylation is 2. The molecule has 1 unspecified atom stereocenters. The van der Waals surface area contributed by atoms with Gasteiger partial charge in [0.25, 0.3) is 5.91 Å². The van der Waals surface area contributed by atoms with Gasteiger partial charge in [-0.3, -0.25) is 14.4 Å². The average Bonchev–Trinajstić information content (AvgIpc) is 3.33. The lowest BCUT2D eigenvalue weighted by Crippen LogP contribution is -2.58. The first-order valence-electron chi connectivity index (χ1n) is 13.9. The number of benzene rings is 2. The van der Waals surface area contributed by atoms with Gasteiger partial charge < -0.3 is 24.4 Å². The summed E-state index contributed by atoms with van der Waals surface area (Å²) in [7, 11) is 0. The SMILES string of the molecule is Cc1ccc(C)c(N2CC=C[C@]34O[C@H]5C=CCCOC(=O)[C@H]5[C@H]3C(=O)N([C@@H](CO)Cc3ccccc3)C4C2=O)c1. The molecule has 1 spiro atoms. The van der Waals surface area contributed by atoms with E-state index in [2.05, 4.69) is 0 Å². The number of nitrogens with zero attached hydrogens (tertiary/aromatic N) is 2. The molecule has 2 fully saturated rings. The van der Waals surface area contributed by atoms with E-state index in [1.165, 1.54) is 4.90 Å². The fourth-order valence-electron chi connectivity index (χ4n) is 6.80. The van der Waals surface area contributed by atoms with Crippen LogP contribution in [0.2, 0.25) is 0 Å². The summed E-state index contributed by atoms with van der Waals surface area (Å²) in [5, 5.41) is 10.6. The number of carbonyl (C=O) groups excluding carboxylic acids is 3. The van der Waals surface area contributed by atoms with Gasteiger partial charge in [-0.25, -0.2) is 0 Å². The average molecular weight is 543 g/mol. The molecular weight excluding hydrogens is 508 g/mol. The lowest BCUT2D eigenvalue weighted by molar-refractivity contribution is -0.155. The van der Waals surface area contributed by atoms with Crippen LogP contribution in [0.4, 0.5) is 5.69 Å². The number of hydrogen-bond acceptors (Lipinski definition) is 6. The highest BCUT2D eigenvalue weighted by atomic mass is 16.6. The third kappa shape index (κ3) is 4.17. The number of amides is 2. The van der Waals surface area contributed by atoms with Gasteiger partial charge in [0, 0.05) is 12.2 Å². The van der Waals surface area contributed by atoms with E-state index in [9.17, 15) is 19.5 Å². The lowest BCUT2D eigenvalue weighted by Gasteiger charge is -2.39. The predicted octanol–water partition coefficient (Wildman–Crippen LogP) is 2.89. The van der Waals surface area contributed by atoms with E-state index in [-0.39, 0.29) is 31.6 Å². The number of anilines is 1. The quantitative estimate of drug-likeness (QED) is 0.461. The molecule has 0 saturated carbocycles. The van der Waals surface area contributed by atoms with Crippen molar-refractivity contribution in [2.45, 2.75) is 50.5 Å². The molecule has 2 aromatic rings. The van der Waals surface area contributed by atoms with Gasteiger partial charge in [-0.15, -0.1) is 0 Å². The van der Waals surface area contributed by atoms with Crippen molar-refractivity contribution < 1.29 is 29.0 Å². The monoisotopic (exact) mass is 542 g/mol. The van der Waals surface area contributed by atoms with E-state index in [0.29, 0.717) is 12.8 Å². The van der Waals surface area contributed by atoms with Gasteiger partial charge in [-0.2, -0.15) is 0 Å². The van der Waals surface area contributed by atoms with Crippen molar-refractivity contribution in [2.24, 2.45) is 11.8 Å². The number of ether oxygens (including phenoxy) is 2. The molecule has 6 rings (SSSR count). The molecule has 8 heteroatoms. The summed E-state index contributed by atoms with van der Waals surface area (Å²) in [5.74, 6) is -3.02. The van der Waals surface area contributed by atoms with Crippen LogP contribution in [0.3, 0.4) is 0 Å². The second-order valence-corrected chi connectivity index (χ2v) is 11.1. The Labute approximate surface area is 233 Å². The van der Waals surface area contributed by atoms with Crippen molar-refractivity contribution in [2.75, 3.05) is 24.7 Å². The number of aliphatic hydroxyl groups is 1. The third-order valence-electron chi connectivity index (χ3n) is 8.63. The topological polar surface area (TPSA) is 96.4 Å². The molecule has 4 aliphatic heterocycles. The number of cyclic esters (lactones) is 1. The maximum atomic E-state index is 14.7. The highest BCUT2D eigenvalue weighted by Crippen LogP contribution is 2.54. The van der Waals surface area contributed by atoms with Crippen LogP contribution in [0.15, 0.2) is 72.8 Å². The van der Waals surface area contributed by atoms with E-state index >= 15 is 0 Å². The minimum absolute atomic E-state index is 0.224. The van der Waals surface area contributed by atoms with Gasteiger partial charge in [-0.1, -0.05) is 66.8 Å². The molecule has 1 N–H and O–H groups in total. The fourth-order valence-corrected chi connectivity index (χ4v) is 6.80. The van der Waals surface area contributed by atoms with Gasteiger partial charge >= 0.3 is 5.97 Å². The normalized spacial score (nSPS) is 30.2. The largest absolute Gasteiger partial charge is 0.465 e. The van der Waals surface area contributed by atoms with E-state index in [1.807, 2.05) is 86.7 Å². The summed E-state index contributed by atoms with van der Waals surface area (Å²) in [6, 6.07) is 13.7. The van der Waals surface area contributed by atoms with Crippen molar-refractivity contribution in [1.82, 2.24) is 4.90 Å². The summed E-state index contributed by atoms with van der Waals surface area (Å²) >= 11 is 0. The zero-order chi connectivity index (χ0) is 28.0. The van der Waals surface area contributed by atoms with Gasteiger partial charge in [0.15, 0.2) is 0 Å². The van der Waals surface area contributed by atoms with Crippen molar-refractivity contribution in [1.29, 1.82) is 0 Å². The Hall–Kier alpha value is -3.75. The Balaban J connectivity index is 1.49. The lowest BCUT2D eigenvalue weighted by atomic mass is 9.77. The van der Waals surface area contributed by atoms with Gasteiger partial charge in [0.1, 0.15) is 17.6 Å². The van der Waals surface area contributed by atoms with Crippen LogP contribution in [0.25, 0.3) is 0 Å². The van der Waals surface area contributed by atoms with E-state index in [0.717, 1.165) is 22.4 Å². The molecule has 2 aromatic carbocycles. The second kappa shape index (κ2) is 10.3. The number of esters is 1. The summed E-state index contributed by atoms with van der Waals surface area (Å²) < 4.78 is 12.2. The Bertz CT molecular complexity index is 1390. The number of fused-ring (bicyclic) bond motifs is 2. The molecule has 2 amide bonds. The molecule has 0 aliphatic carbocycles. The number of aliphatic hydroxyl groups excluding tert-OH is 1. The van der Waals surface area contributed by atoms with E-state index in [4.69, 9.17) is 9.47 Å². The van der Waals surface area contributed by atoms with Crippen LogP contribution in [0.1, 0.15) is 23.1 Å². The summed E-state index contributed by atoms with van der Waals surface area (Å²) in [6.07, 6.45) is 7.61. The molecule has 8 nitrogen and oxygen atoms in total. The van der Waals surface area contributed by atoms with E-state index < -0.39 is 41.6 Å². The third-order valence-corrected chi connectivity index (χ3v) is 8.63. The molecule has 4 aliphatic rings. The van der Waals surface area contributed by atoms with Crippen molar-refractivity contribution in [3.8, 4) is 0 Å². The first-order chi connectivity index (χ1) is 19.4. The minimum atomic E-state index is -1.38. The molecule has 0 aromatic heterocycles. The molecule has 4 heterocycles. The van der Waals surface area contributed by atoms with Crippen LogP contribution in [-0.2, 0) is 30.3 Å². The molecule has 0 bridgehead atoms. The molecule has 2 saturated heterocycles. The van der Waals surface area contributed by atoms with Crippen LogP contribution in [0.5, 0.6) is 0 Å². The maximum absolute atomic E-state index is 14.7. The highest BCUT2D eigenvalue weighted by Gasteiger charge is 2.72. The van der Waals surface area contributed by atoms with E-state index in [1.54, 1.807) is 4.90 Å². The Kier molecular flexibility index (Phi) is 6.84. The van der Waals surface area contributed by atoms with Crippen LogP contribution in [-0.4, -0.2) is 71.3 Å². The first kappa shape index (κ1) is 26.5. The summed E-state index contributed by atoms with van der Waals surface area (Å²) in [6.45, 7) is 4.09. The standard InChI is InChI=1S/C32H34N2O6/c1-20-12-13-21(2)24(17-20)33-15-8-14-32-27(26-25(40-32)11-6-7-16-39-31(26)38)29(36)34(28(32)30(33)37)23(19-35)18-22-9-4-3-5-10-22/h3-6,8-14,17,23,25-28,35H,7,15-16,18-19H2,1-2H3/t23-,25+,26-,27+,28?,32+/m1/s1. The first-order valence-corrected chi connectivity index (χ1v) is 13.9. The van der Waals surface area contributed by atoms with Gasteiger partial charge in [0.2, 0.25) is 5.91 Å². The molecule has 0 radical (unpaired) electrons. The van der Waals surface area contributed by atoms with Crippen molar-refractivity contribution >= 4 is 23.5 Å². The summed E-state index contributed by atoms with van der Waals surface area (Å²) in [5.41, 5.74) is 2.24. The van der Waals surface area contributed by atoms with Crippen molar-refractivity contribution in [3.63, 3.8) is 0 Å². The molecule has 40 heavy (non-hydrogen) atoms. The molecule has 6 atom stereocenters. The minimum Gasteiger partial charge on any atom is -0.465 e. The zero-order valence-corrected chi connectivity index (χ0v) is 22.7. The summed E-state index contributed by atoms with van der Waals surface area (Å²) in [4.78, 5) is 45.6. The highest BCUT2D eigenvalue weighted by molar-refractivity contribution is 6.06. The molecular formula is C32H34N2O6. The maximum Gasteiger partial charge on any atom is 0.312 e. The Morgan fingerprint density at radius 3 is 2.62 bits per heavy atom. The number of likely N-dealkylation sites (tertiary alicyclic amines) is 1. The second-order valence-electron chi connectivity index (χ2n) is 11.1. The van der Waals surface area contributed by atoms with Crippen LogP contribution >= 0.6 is 0 Å². The number of rotatable bonds is 5. The Morgan fingerprint density at radius 2 is 1.85 bits per heavy atom. The number of hydrogen-bond donors (Lipinski definition) is 1. The van der Waals surface area contributed by atoms with Crippen LogP contribution in [0, 0.1) is 25.7 Å². The molecule has 208 valence electrons. The number of carbonyl (C=O) groups is 3. The predicted molar refractivity (Wildman–Crippen MR) is 148 cm³/mol. The van der Waals surface area contributed by atoms with Crippen molar-refractivity contribution in [3.05, 3.63) is 89.5 Å². The van der Waals surface area contributed by atoms with Crippen LogP contribution < -0.4 is 4.90 Å².